The predicted octanol–water partition coefficient (Wildman–Crippen LogP) is 2.55. The van der Waals surface area contributed by atoms with Crippen LogP contribution in [0.4, 0.5) is 13.2 Å². The molecule has 7 nitrogen and oxygen atoms in total. The van der Waals surface area contributed by atoms with Gasteiger partial charge in [-0.25, -0.2) is 13.2 Å². The van der Waals surface area contributed by atoms with E-state index in [0.717, 1.165) is 19.0 Å². The smallest absolute Gasteiger partial charge is 0.274 e. The molecule has 2 heterocycles. The Morgan fingerprint density at radius 1 is 1.23 bits per heavy atom. The Morgan fingerprint density at radius 3 is 2.48 bits per heavy atom. The van der Waals surface area contributed by atoms with Crippen molar-refractivity contribution in [3.05, 3.63) is 62.8 Å². The average Bonchev–Trinajstić information content (AvgIpc) is 2.70. The quantitative estimate of drug-likeness (QED) is 0.727. The molecule has 31 heavy (non-hydrogen) atoms. The van der Waals surface area contributed by atoms with Crippen molar-refractivity contribution in [2.75, 3.05) is 7.05 Å². The number of fused-ring (bicyclic) bond motifs is 1. The molecule has 0 spiro atoms. The molecular weight excluding hydrogens is 415 g/mol. The summed E-state index contributed by atoms with van der Waals surface area (Å²) in [6.07, 6.45) is 3.65. The molecule has 2 N–H and O–H groups in total. The molecule has 1 aliphatic heterocycles. The van der Waals surface area contributed by atoms with Crippen LogP contribution in [0, 0.1) is 17.5 Å². The number of carbonyl (C=O) groups excluding carboxylic acids is 2. The molecule has 0 saturated heterocycles. The van der Waals surface area contributed by atoms with Gasteiger partial charge in [-0.05, 0) is 6.42 Å². The summed E-state index contributed by atoms with van der Waals surface area (Å²) in [5.41, 5.74) is -2.34. The van der Waals surface area contributed by atoms with Gasteiger partial charge in [0, 0.05) is 50.1 Å². The largest absolute Gasteiger partial charge is 0.503 e. The fourth-order valence-electron chi connectivity index (χ4n) is 3.59. The number of halogens is 3. The molecule has 2 amide bonds. The van der Waals surface area contributed by atoms with E-state index >= 15 is 0 Å². The minimum atomic E-state index is -1.18. The molecule has 0 bridgehead atoms. The normalized spacial score (nSPS) is 15.7. The van der Waals surface area contributed by atoms with Crippen LogP contribution in [0.2, 0.25) is 0 Å². The first-order valence-electron chi connectivity index (χ1n) is 9.80. The molecule has 0 fully saturated rings. The van der Waals surface area contributed by atoms with E-state index in [1.807, 2.05) is 6.92 Å². The van der Waals surface area contributed by atoms with Gasteiger partial charge < -0.3 is 19.9 Å². The number of carbonyl (C=O) groups is 2. The Labute approximate surface area is 176 Å². The first-order valence-corrected chi connectivity index (χ1v) is 9.80. The van der Waals surface area contributed by atoms with Gasteiger partial charge >= 0.3 is 0 Å². The summed E-state index contributed by atoms with van der Waals surface area (Å²) in [5, 5.41) is 12.5. The lowest BCUT2D eigenvalue weighted by Gasteiger charge is -2.35. The van der Waals surface area contributed by atoms with Crippen LogP contribution in [-0.2, 0) is 13.1 Å². The molecule has 1 aromatic carbocycles. The summed E-state index contributed by atoms with van der Waals surface area (Å²) < 4.78 is 41.9. The minimum absolute atomic E-state index is 0.180. The van der Waals surface area contributed by atoms with Crippen LogP contribution in [0.15, 0.2) is 23.1 Å². The molecule has 166 valence electrons. The van der Waals surface area contributed by atoms with E-state index in [1.54, 1.807) is 7.05 Å². The zero-order valence-corrected chi connectivity index (χ0v) is 17.0. The van der Waals surface area contributed by atoms with Gasteiger partial charge in [0.15, 0.2) is 11.4 Å². The van der Waals surface area contributed by atoms with Crippen molar-refractivity contribution in [3.63, 3.8) is 0 Å². The number of nitrogens with one attached hydrogen (secondary N) is 1. The highest BCUT2D eigenvalue weighted by Crippen LogP contribution is 2.25. The Hall–Kier alpha value is -3.30. The molecule has 1 unspecified atom stereocenters. The molecule has 1 aromatic heterocycles. The van der Waals surface area contributed by atoms with E-state index in [-0.39, 0.29) is 18.3 Å². The number of amides is 2. The van der Waals surface area contributed by atoms with Crippen molar-refractivity contribution in [2.45, 2.75) is 45.3 Å². The highest BCUT2D eigenvalue weighted by molar-refractivity contribution is 5.99. The van der Waals surface area contributed by atoms with E-state index in [2.05, 4.69) is 5.32 Å². The van der Waals surface area contributed by atoms with E-state index in [0.29, 0.717) is 18.6 Å². The van der Waals surface area contributed by atoms with E-state index in [9.17, 15) is 32.7 Å². The average molecular weight is 437 g/mol. The first kappa shape index (κ1) is 22.4. The number of rotatable bonds is 6. The van der Waals surface area contributed by atoms with Crippen LogP contribution in [0.25, 0.3) is 0 Å². The summed E-state index contributed by atoms with van der Waals surface area (Å²) in [4.78, 5) is 39.1. The Kier molecular flexibility index (Phi) is 6.37. The SMILES string of the molecule is CCCCC1Cn2cc(C(=O)NCc3c(F)cc(F)cc3F)c(=O)c(O)c2C(=O)N1C. The topological polar surface area (TPSA) is 91.6 Å². The maximum Gasteiger partial charge on any atom is 0.274 e. The van der Waals surface area contributed by atoms with Crippen LogP contribution >= 0.6 is 0 Å². The molecule has 0 aliphatic carbocycles. The summed E-state index contributed by atoms with van der Waals surface area (Å²) >= 11 is 0. The molecule has 1 aliphatic rings. The number of hydrogen-bond donors (Lipinski definition) is 2. The lowest BCUT2D eigenvalue weighted by atomic mass is 10.0. The van der Waals surface area contributed by atoms with Crippen LogP contribution < -0.4 is 10.7 Å². The van der Waals surface area contributed by atoms with Gasteiger partial charge in [0.1, 0.15) is 23.0 Å². The Morgan fingerprint density at radius 2 is 1.87 bits per heavy atom. The zero-order valence-electron chi connectivity index (χ0n) is 17.0. The van der Waals surface area contributed by atoms with Crippen molar-refractivity contribution >= 4 is 11.8 Å². The number of pyridine rings is 1. The molecule has 0 saturated carbocycles. The standard InChI is InChI=1S/C21H22F3N3O4/c1-3-4-5-12-9-27-10-14(18(28)19(29)17(27)21(31)26(12)2)20(30)25-8-13-15(23)6-11(22)7-16(13)24/h6-7,10,12,29H,3-5,8-9H2,1-2H3,(H,25,30). The summed E-state index contributed by atoms with van der Waals surface area (Å²) in [6.45, 7) is 1.64. The first-order chi connectivity index (χ1) is 14.6. The van der Waals surface area contributed by atoms with Gasteiger partial charge in [-0.3, -0.25) is 14.4 Å². The summed E-state index contributed by atoms with van der Waals surface area (Å²) in [6, 6.07) is 0.769. The van der Waals surface area contributed by atoms with Gasteiger partial charge in [-0.15, -0.1) is 0 Å². The predicted molar refractivity (Wildman–Crippen MR) is 105 cm³/mol. The third-order valence-corrected chi connectivity index (χ3v) is 5.40. The van der Waals surface area contributed by atoms with Crippen molar-refractivity contribution in [3.8, 4) is 5.75 Å². The Bertz CT molecular complexity index is 1080. The van der Waals surface area contributed by atoms with Gasteiger partial charge in [-0.2, -0.15) is 0 Å². The van der Waals surface area contributed by atoms with Crippen LogP contribution in [0.1, 0.15) is 52.6 Å². The van der Waals surface area contributed by atoms with Gasteiger partial charge in [0.2, 0.25) is 5.43 Å². The summed E-state index contributed by atoms with van der Waals surface area (Å²) in [5.74, 6) is -5.86. The number of hydrogen-bond acceptors (Lipinski definition) is 4. The van der Waals surface area contributed by atoms with Crippen LogP contribution in [0.5, 0.6) is 5.75 Å². The molecule has 0 radical (unpaired) electrons. The Balaban J connectivity index is 1.89. The highest BCUT2D eigenvalue weighted by atomic mass is 19.1. The fourth-order valence-corrected chi connectivity index (χ4v) is 3.59. The van der Waals surface area contributed by atoms with Crippen molar-refractivity contribution in [1.29, 1.82) is 0 Å². The third-order valence-electron chi connectivity index (χ3n) is 5.40. The van der Waals surface area contributed by atoms with Crippen LogP contribution in [0.3, 0.4) is 0 Å². The second kappa shape index (κ2) is 8.83. The molecular formula is C21H22F3N3O4. The molecule has 10 heteroatoms. The van der Waals surface area contributed by atoms with E-state index in [4.69, 9.17) is 0 Å². The number of aromatic hydroxyl groups is 1. The van der Waals surface area contributed by atoms with Crippen molar-refractivity contribution in [1.82, 2.24) is 14.8 Å². The molecule has 3 rings (SSSR count). The highest BCUT2D eigenvalue weighted by Gasteiger charge is 2.34. The maximum absolute atomic E-state index is 13.8. The van der Waals surface area contributed by atoms with Crippen molar-refractivity contribution in [2.24, 2.45) is 0 Å². The number of likely N-dealkylation sites (N-methyl/N-ethyl adjacent to an activating group) is 1. The summed E-state index contributed by atoms with van der Waals surface area (Å²) in [7, 11) is 1.59. The van der Waals surface area contributed by atoms with Gasteiger partial charge in [0.05, 0.1) is 0 Å². The monoisotopic (exact) mass is 437 g/mol. The second-order valence-corrected chi connectivity index (χ2v) is 7.46. The van der Waals surface area contributed by atoms with E-state index in [1.165, 1.54) is 9.47 Å². The van der Waals surface area contributed by atoms with E-state index < -0.39 is 58.1 Å². The number of unbranched alkanes of at least 4 members (excludes halogenated alkanes) is 1. The van der Waals surface area contributed by atoms with Gasteiger partial charge in [0.25, 0.3) is 11.8 Å². The number of nitrogens with zero attached hydrogens (tertiary/aromatic N) is 2. The van der Waals surface area contributed by atoms with Gasteiger partial charge in [-0.1, -0.05) is 19.8 Å². The molecule has 2 aromatic rings. The lowest BCUT2D eigenvalue weighted by molar-refractivity contribution is 0.0633. The minimum Gasteiger partial charge on any atom is -0.503 e. The maximum atomic E-state index is 13.8. The number of aromatic nitrogens is 1. The van der Waals surface area contributed by atoms with Crippen LogP contribution in [-0.4, -0.2) is 39.5 Å². The lowest BCUT2D eigenvalue weighted by Crippen LogP contribution is -2.47. The molecule has 1 atom stereocenters. The zero-order chi connectivity index (χ0) is 22.9. The number of benzene rings is 1. The van der Waals surface area contributed by atoms with Crippen molar-refractivity contribution < 1.29 is 27.9 Å². The third kappa shape index (κ3) is 4.28. The second-order valence-electron chi connectivity index (χ2n) is 7.46. The fraction of sp³-hybridized carbons (Fsp3) is 0.381.